The summed E-state index contributed by atoms with van der Waals surface area (Å²) in [5.74, 6) is -5.82. The monoisotopic (exact) mass is 784 g/mol. The third kappa shape index (κ3) is 11.2. The third-order valence-corrected chi connectivity index (χ3v) is 11.8. The predicted octanol–water partition coefficient (Wildman–Crippen LogP) is 3.15. The molecule has 4 aliphatic carbocycles. The maximum atomic E-state index is 13.0. The standard InChI is InChI=1S/C22H34N2O5.C20H30N2O5/c1-5-8-9-10-11-24(4)20(27)18-13-16(25)12-17(18)19(26)23-22(14-15(22)6-2)21(28)29-7-3;1-4-6-7-8-9-22(3)18(25)16-11-14(23)10-15(16)17(24)21-20(19(26)27)12-13(20)5-2/h5-6,15-18,25H,1-2,7-14H2,3-4H3,(H,23,26);4-5,13-16,23H,1-2,6-12H2,3H3,(H,21,24)(H,26,27)/t15-,16-,17-,18-,22-;13-,14-,15-,16-,20-/m11/s1. The van der Waals surface area contributed by atoms with Gasteiger partial charge in [0.2, 0.25) is 23.6 Å². The number of amides is 4. The number of esters is 1. The molecular weight excluding hydrogens is 720 g/mol. The lowest BCUT2D eigenvalue weighted by Crippen LogP contribution is -2.50. The summed E-state index contributed by atoms with van der Waals surface area (Å²) >= 11 is 0. The van der Waals surface area contributed by atoms with E-state index in [-0.39, 0.29) is 61.8 Å². The maximum Gasteiger partial charge on any atom is 0.332 e. The minimum atomic E-state index is -1.32. The first-order valence-electron chi connectivity index (χ1n) is 19.9. The Balaban J connectivity index is 0.000000301. The Bertz CT molecular complexity index is 1480. The molecule has 10 atom stereocenters. The fourth-order valence-electron chi connectivity index (χ4n) is 8.11. The molecule has 0 unspecified atom stereocenters. The molecule has 4 saturated carbocycles. The zero-order valence-corrected chi connectivity index (χ0v) is 33.5. The summed E-state index contributed by atoms with van der Waals surface area (Å²) in [4.78, 5) is 78.7. The van der Waals surface area contributed by atoms with E-state index in [1.807, 2.05) is 12.2 Å². The molecule has 56 heavy (non-hydrogen) atoms. The molecule has 5 N–H and O–H groups in total. The number of hydrogen-bond acceptors (Lipinski definition) is 9. The number of allylic oxidation sites excluding steroid dienone is 2. The van der Waals surface area contributed by atoms with Crippen molar-refractivity contribution < 1.29 is 48.8 Å². The highest BCUT2D eigenvalue weighted by atomic mass is 16.5. The van der Waals surface area contributed by atoms with Crippen LogP contribution >= 0.6 is 0 Å². The molecule has 0 saturated heterocycles. The number of aliphatic hydroxyl groups excluding tert-OH is 2. The fraction of sp³-hybridized carbons (Fsp3) is 0.667. The zero-order valence-electron chi connectivity index (χ0n) is 33.5. The Labute approximate surface area is 331 Å². The molecule has 312 valence electrons. The predicted molar refractivity (Wildman–Crippen MR) is 210 cm³/mol. The fourth-order valence-corrected chi connectivity index (χ4v) is 8.11. The van der Waals surface area contributed by atoms with Crippen LogP contribution in [0.25, 0.3) is 0 Å². The van der Waals surface area contributed by atoms with E-state index in [9.17, 15) is 44.1 Å². The normalized spacial score (nSPS) is 31.0. The number of aliphatic carboxylic acids is 1. The quantitative estimate of drug-likeness (QED) is 0.0654. The van der Waals surface area contributed by atoms with Crippen LogP contribution in [0.3, 0.4) is 0 Å². The first-order chi connectivity index (χ1) is 26.6. The van der Waals surface area contributed by atoms with E-state index in [0.717, 1.165) is 38.5 Å². The summed E-state index contributed by atoms with van der Waals surface area (Å²) < 4.78 is 5.13. The van der Waals surface area contributed by atoms with Gasteiger partial charge in [-0.15, -0.1) is 26.3 Å². The van der Waals surface area contributed by atoms with Crippen molar-refractivity contribution in [3.63, 3.8) is 0 Å². The van der Waals surface area contributed by atoms with Gasteiger partial charge in [-0.2, -0.15) is 0 Å². The number of ether oxygens (including phenoxy) is 1. The Hall–Kier alpha value is -4.30. The Morgan fingerprint density at radius 3 is 1.43 bits per heavy atom. The summed E-state index contributed by atoms with van der Waals surface area (Å²) in [6.07, 6.45) is 12.4. The number of nitrogens with one attached hydrogen (secondary N) is 2. The van der Waals surface area contributed by atoms with Gasteiger partial charge in [-0.1, -0.05) is 24.3 Å². The van der Waals surface area contributed by atoms with Crippen LogP contribution in [0.15, 0.2) is 50.6 Å². The van der Waals surface area contributed by atoms with Crippen LogP contribution in [0.4, 0.5) is 0 Å². The summed E-state index contributed by atoms with van der Waals surface area (Å²) in [7, 11) is 3.42. The molecule has 4 fully saturated rings. The summed E-state index contributed by atoms with van der Waals surface area (Å²) in [6.45, 7) is 17.8. The van der Waals surface area contributed by atoms with Gasteiger partial charge in [0.05, 0.1) is 42.5 Å². The number of rotatable bonds is 21. The van der Waals surface area contributed by atoms with Crippen molar-refractivity contribution >= 4 is 35.6 Å². The number of unbranched alkanes of at least 4 members (excludes halogenated alkanes) is 4. The van der Waals surface area contributed by atoms with Crippen LogP contribution in [0.1, 0.15) is 84.0 Å². The van der Waals surface area contributed by atoms with E-state index < -0.39 is 64.8 Å². The van der Waals surface area contributed by atoms with Crippen molar-refractivity contribution in [2.24, 2.45) is 35.5 Å². The number of carboxylic acid groups (broad SMARTS) is 1. The summed E-state index contributed by atoms with van der Waals surface area (Å²) in [5.41, 5.74) is -2.41. The van der Waals surface area contributed by atoms with Crippen LogP contribution in [-0.4, -0.2) is 118 Å². The third-order valence-electron chi connectivity index (χ3n) is 11.8. The number of carbonyl (C=O) groups excluding carboxylic acids is 5. The molecule has 0 heterocycles. The van der Waals surface area contributed by atoms with Crippen LogP contribution in [-0.2, 0) is 33.5 Å². The number of carbonyl (C=O) groups is 6. The smallest absolute Gasteiger partial charge is 0.332 e. The van der Waals surface area contributed by atoms with E-state index in [0.29, 0.717) is 25.9 Å². The molecule has 4 amide bonds. The molecule has 4 rings (SSSR count). The number of aliphatic hydroxyl groups is 2. The molecule has 0 radical (unpaired) electrons. The minimum Gasteiger partial charge on any atom is -0.479 e. The summed E-state index contributed by atoms with van der Waals surface area (Å²) in [6, 6.07) is 0. The first-order valence-corrected chi connectivity index (χ1v) is 19.9. The average molecular weight is 785 g/mol. The lowest BCUT2D eigenvalue weighted by molar-refractivity contribution is -0.150. The maximum absolute atomic E-state index is 13.0. The van der Waals surface area contributed by atoms with Gasteiger partial charge in [0.1, 0.15) is 11.1 Å². The molecule has 0 aromatic heterocycles. The molecule has 14 heteroatoms. The lowest BCUT2D eigenvalue weighted by Gasteiger charge is -2.26. The molecule has 0 aliphatic heterocycles. The van der Waals surface area contributed by atoms with Crippen LogP contribution in [0.2, 0.25) is 0 Å². The summed E-state index contributed by atoms with van der Waals surface area (Å²) in [5, 5.41) is 35.0. The lowest BCUT2D eigenvalue weighted by atomic mass is 9.93. The largest absolute Gasteiger partial charge is 0.479 e. The SMILES string of the molecule is C=CCCCCN(C)C(=O)[C@@H]1C[C@H](O)C[C@H]1C(=O)N[C@]1(C(=O)O)C[C@H]1C=C.C=CCCCCN(C)C(=O)[C@@H]1C[C@H](O)C[C@H]1C(=O)N[C@]1(C(=O)OCC)C[C@H]1C=C. The van der Waals surface area contributed by atoms with Crippen molar-refractivity contribution in [3.8, 4) is 0 Å². The highest BCUT2D eigenvalue weighted by molar-refractivity contribution is 5.95. The Morgan fingerprint density at radius 2 is 1.07 bits per heavy atom. The van der Waals surface area contributed by atoms with Crippen LogP contribution < -0.4 is 10.6 Å². The van der Waals surface area contributed by atoms with Gasteiger partial charge in [0, 0.05) is 39.0 Å². The molecule has 14 nitrogen and oxygen atoms in total. The van der Waals surface area contributed by atoms with E-state index >= 15 is 0 Å². The molecule has 0 aromatic rings. The van der Waals surface area contributed by atoms with E-state index in [2.05, 4.69) is 36.9 Å². The zero-order chi connectivity index (χ0) is 41.8. The van der Waals surface area contributed by atoms with Gasteiger partial charge in [-0.25, -0.2) is 9.59 Å². The topological polar surface area (TPSA) is 203 Å². The average Bonchev–Trinajstić information content (AvgIpc) is 3.97. The van der Waals surface area contributed by atoms with E-state index in [1.165, 1.54) is 6.08 Å². The molecule has 4 aliphatic rings. The van der Waals surface area contributed by atoms with Gasteiger partial charge in [0.25, 0.3) is 0 Å². The second kappa shape index (κ2) is 20.7. The van der Waals surface area contributed by atoms with Gasteiger partial charge >= 0.3 is 11.9 Å². The van der Waals surface area contributed by atoms with Gasteiger partial charge in [0.15, 0.2) is 0 Å². The van der Waals surface area contributed by atoms with Gasteiger partial charge in [-0.3, -0.25) is 19.2 Å². The van der Waals surface area contributed by atoms with Crippen LogP contribution in [0.5, 0.6) is 0 Å². The second-order valence-corrected chi connectivity index (χ2v) is 15.8. The number of carboxylic acids is 1. The van der Waals surface area contributed by atoms with Crippen molar-refractivity contribution in [2.45, 2.75) is 107 Å². The van der Waals surface area contributed by atoms with Gasteiger partial charge < -0.3 is 40.5 Å². The molecule has 0 bridgehead atoms. The highest BCUT2D eigenvalue weighted by Crippen LogP contribution is 2.47. The Kier molecular flexibility index (Phi) is 17.1. The molecule has 0 spiro atoms. The van der Waals surface area contributed by atoms with Gasteiger partial charge in [-0.05, 0) is 84.0 Å². The first kappa shape index (κ1) is 46.1. The number of hydrogen-bond donors (Lipinski definition) is 5. The van der Waals surface area contributed by atoms with E-state index in [1.54, 1.807) is 36.9 Å². The Morgan fingerprint density at radius 1 is 0.679 bits per heavy atom. The molecule has 0 aromatic carbocycles. The second-order valence-electron chi connectivity index (χ2n) is 15.8. The number of nitrogens with zero attached hydrogens (tertiary/aromatic N) is 2. The van der Waals surface area contributed by atoms with Crippen molar-refractivity contribution in [1.82, 2.24) is 20.4 Å². The van der Waals surface area contributed by atoms with E-state index in [4.69, 9.17) is 4.74 Å². The molecular formula is C42H64N4O10. The van der Waals surface area contributed by atoms with Crippen molar-refractivity contribution in [3.05, 3.63) is 50.6 Å². The van der Waals surface area contributed by atoms with Crippen molar-refractivity contribution in [1.29, 1.82) is 0 Å². The van der Waals surface area contributed by atoms with Crippen LogP contribution in [0, 0.1) is 35.5 Å². The highest BCUT2D eigenvalue weighted by Gasteiger charge is 2.63. The minimum absolute atomic E-state index is 0.137. The van der Waals surface area contributed by atoms with Crippen molar-refractivity contribution in [2.75, 3.05) is 33.8 Å².